The average Bonchev–Trinajstić information content (AvgIpc) is 2.77. The second-order valence-corrected chi connectivity index (χ2v) is 6.47. The summed E-state index contributed by atoms with van der Waals surface area (Å²) >= 11 is 0. The van der Waals surface area contributed by atoms with Crippen molar-refractivity contribution < 1.29 is 23.5 Å². The van der Waals surface area contributed by atoms with Crippen molar-refractivity contribution in [2.24, 2.45) is 0 Å². The predicted molar refractivity (Wildman–Crippen MR) is 115 cm³/mol. The summed E-state index contributed by atoms with van der Waals surface area (Å²) in [4.78, 5) is 37.7. The number of nitrogens with one attached hydrogen (secondary N) is 3. The van der Waals surface area contributed by atoms with Gasteiger partial charge in [0, 0.05) is 31.1 Å². The second-order valence-electron chi connectivity index (χ2n) is 6.47. The van der Waals surface area contributed by atoms with Crippen LogP contribution in [-0.2, 0) is 0 Å². The molecule has 0 aliphatic rings. The van der Waals surface area contributed by atoms with Crippen LogP contribution in [-0.4, -0.2) is 48.0 Å². The fraction of sp³-hybridized carbons (Fsp3) is 0.190. The van der Waals surface area contributed by atoms with Crippen LogP contribution in [0.2, 0.25) is 0 Å². The van der Waals surface area contributed by atoms with E-state index in [0.717, 1.165) is 6.07 Å². The number of nitrogens with zero attached hydrogens (tertiary/aromatic N) is 3. The minimum absolute atomic E-state index is 0.0525. The monoisotopic (exact) mass is 440 g/mol. The Morgan fingerprint density at radius 2 is 1.84 bits per heavy atom. The third-order valence-corrected chi connectivity index (χ3v) is 4.33. The van der Waals surface area contributed by atoms with Crippen LogP contribution in [0.15, 0.2) is 36.5 Å². The average molecular weight is 440 g/mol. The first kappa shape index (κ1) is 22.4. The molecule has 0 radical (unpaired) electrons. The Morgan fingerprint density at radius 3 is 2.53 bits per heavy atom. The molecule has 2 amide bonds. The van der Waals surface area contributed by atoms with Crippen LogP contribution in [0.3, 0.4) is 0 Å². The minimum Gasteiger partial charge on any atom is -0.496 e. The standard InChI is InChI=1S/C21H21FN6O4/c1-11-8-17(32-4)28-21(25-11)27-16-9-14(12(10-24-16)19(29)23-2)26-20(30)18-13(22)6-5-7-15(18)31-3/h5-10H,1-4H3,(H,23,29)(H2,24,25,26,27,28,30). The van der Waals surface area contributed by atoms with Gasteiger partial charge in [-0.05, 0) is 19.1 Å². The molecule has 3 aromatic rings. The molecule has 0 atom stereocenters. The maximum absolute atomic E-state index is 14.3. The van der Waals surface area contributed by atoms with E-state index < -0.39 is 17.6 Å². The van der Waals surface area contributed by atoms with E-state index in [0.29, 0.717) is 11.6 Å². The number of amides is 2. The largest absolute Gasteiger partial charge is 0.496 e. The number of hydrogen-bond donors (Lipinski definition) is 3. The summed E-state index contributed by atoms with van der Waals surface area (Å²) in [6.07, 6.45) is 1.27. The summed E-state index contributed by atoms with van der Waals surface area (Å²) in [5.41, 5.74) is 0.527. The number of ether oxygens (including phenoxy) is 2. The Bertz CT molecular complexity index is 1170. The lowest BCUT2D eigenvalue weighted by atomic mass is 10.1. The summed E-state index contributed by atoms with van der Waals surface area (Å²) in [5.74, 6) is -1.21. The molecule has 0 spiro atoms. The van der Waals surface area contributed by atoms with Crippen LogP contribution in [0.5, 0.6) is 11.6 Å². The first-order valence-corrected chi connectivity index (χ1v) is 9.39. The summed E-state index contributed by atoms with van der Waals surface area (Å²) in [7, 11) is 4.24. The Hall–Kier alpha value is -4.28. The topological polar surface area (TPSA) is 127 Å². The summed E-state index contributed by atoms with van der Waals surface area (Å²) in [6, 6.07) is 7.08. The van der Waals surface area contributed by atoms with Gasteiger partial charge in [0.2, 0.25) is 11.8 Å². The van der Waals surface area contributed by atoms with Gasteiger partial charge in [-0.3, -0.25) is 9.59 Å². The number of halogens is 1. The zero-order valence-corrected chi connectivity index (χ0v) is 17.8. The van der Waals surface area contributed by atoms with E-state index in [-0.39, 0.29) is 34.3 Å². The lowest BCUT2D eigenvalue weighted by molar-refractivity contribution is 0.0963. The summed E-state index contributed by atoms with van der Waals surface area (Å²) in [5, 5.41) is 7.92. The van der Waals surface area contributed by atoms with E-state index in [4.69, 9.17) is 9.47 Å². The molecule has 0 bridgehead atoms. The number of rotatable bonds is 7. The van der Waals surface area contributed by atoms with E-state index in [1.165, 1.54) is 45.7 Å². The number of aryl methyl sites for hydroxylation is 1. The molecule has 2 aromatic heterocycles. The van der Waals surface area contributed by atoms with E-state index in [1.54, 1.807) is 13.0 Å². The van der Waals surface area contributed by atoms with Crippen LogP contribution >= 0.6 is 0 Å². The smallest absolute Gasteiger partial charge is 0.262 e. The van der Waals surface area contributed by atoms with Crippen molar-refractivity contribution in [3.63, 3.8) is 0 Å². The fourth-order valence-electron chi connectivity index (χ4n) is 2.84. The van der Waals surface area contributed by atoms with Crippen LogP contribution in [0, 0.1) is 12.7 Å². The molecule has 0 saturated carbocycles. The van der Waals surface area contributed by atoms with Crippen LogP contribution in [0.4, 0.5) is 21.8 Å². The molecule has 0 unspecified atom stereocenters. The van der Waals surface area contributed by atoms with Gasteiger partial charge in [0.15, 0.2) is 0 Å². The normalized spacial score (nSPS) is 10.3. The first-order valence-electron chi connectivity index (χ1n) is 9.39. The molecule has 0 fully saturated rings. The van der Waals surface area contributed by atoms with Crippen molar-refractivity contribution in [2.75, 3.05) is 31.9 Å². The molecular formula is C21H21FN6O4. The molecule has 0 saturated heterocycles. The highest BCUT2D eigenvalue weighted by atomic mass is 19.1. The lowest BCUT2D eigenvalue weighted by Crippen LogP contribution is -2.22. The number of anilines is 3. The van der Waals surface area contributed by atoms with Gasteiger partial charge in [-0.1, -0.05) is 6.07 Å². The van der Waals surface area contributed by atoms with Gasteiger partial charge in [-0.15, -0.1) is 0 Å². The van der Waals surface area contributed by atoms with Crippen LogP contribution in [0.1, 0.15) is 26.4 Å². The maximum Gasteiger partial charge on any atom is 0.262 e. The Balaban J connectivity index is 1.98. The van der Waals surface area contributed by atoms with Gasteiger partial charge in [0.05, 0.1) is 25.5 Å². The molecule has 0 aliphatic heterocycles. The van der Waals surface area contributed by atoms with Gasteiger partial charge in [0.1, 0.15) is 22.9 Å². The number of aromatic nitrogens is 3. The number of hydrogen-bond acceptors (Lipinski definition) is 8. The molecule has 32 heavy (non-hydrogen) atoms. The third-order valence-electron chi connectivity index (χ3n) is 4.33. The van der Waals surface area contributed by atoms with Crippen molar-refractivity contribution in [3.8, 4) is 11.6 Å². The number of methoxy groups -OCH3 is 2. The van der Waals surface area contributed by atoms with E-state index in [1.807, 2.05) is 0 Å². The number of carbonyl (C=O) groups is 2. The van der Waals surface area contributed by atoms with E-state index >= 15 is 0 Å². The zero-order chi connectivity index (χ0) is 23.3. The highest BCUT2D eigenvalue weighted by Crippen LogP contribution is 2.26. The molecule has 1 aromatic carbocycles. The van der Waals surface area contributed by atoms with Gasteiger partial charge in [0.25, 0.3) is 11.8 Å². The Labute approximate surface area is 183 Å². The Kier molecular flexibility index (Phi) is 6.78. The third kappa shape index (κ3) is 4.89. The molecule has 166 valence electrons. The van der Waals surface area contributed by atoms with Crippen molar-refractivity contribution in [1.82, 2.24) is 20.3 Å². The molecule has 3 N–H and O–H groups in total. The highest BCUT2D eigenvalue weighted by Gasteiger charge is 2.21. The van der Waals surface area contributed by atoms with Gasteiger partial charge >= 0.3 is 0 Å². The Morgan fingerprint density at radius 1 is 1.06 bits per heavy atom. The quantitative estimate of drug-likeness (QED) is 0.512. The van der Waals surface area contributed by atoms with E-state index in [2.05, 4.69) is 30.9 Å². The van der Waals surface area contributed by atoms with Gasteiger partial charge in [-0.2, -0.15) is 4.98 Å². The molecule has 0 aliphatic carbocycles. The zero-order valence-electron chi connectivity index (χ0n) is 17.8. The van der Waals surface area contributed by atoms with Gasteiger partial charge in [-0.25, -0.2) is 14.4 Å². The predicted octanol–water partition coefficient (Wildman–Crippen LogP) is 2.69. The highest BCUT2D eigenvalue weighted by molar-refractivity contribution is 6.10. The molecule has 3 rings (SSSR count). The number of benzene rings is 1. The van der Waals surface area contributed by atoms with Crippen molar-refractivity contribution >= 4 is 29.3 Å². The summed E-state index contributed by atoms with van der Waals surface area (Å²) in [6.45, 7) is 1.77. The van der Waals surface area contributed by atoms with E-state index in [9.17, 15) is 14.0 Å². The SMILES string of the molecule is CNC(=O)c1cnc(Nc2nc(C)cc(OC)n2)cc1NC(=O)c1c(F)cccc1OC. The fourth-order valence-corrected chi connectivity index (χ4v) is 2.84. The van der Waals surface area contributed by atoms with Crippen LogP contribution < -0.4 is 25.4 Å². The second kappa shape index (κ2) is 9.69. The van der Waals surface area contributed by atoms with Crippen molar-refractivity contribution in [2.45, 2.75) is 6.92 Å². The van der Waals surface area contributed by atoms with Crippen molar-refractivity contribution in [3.05, 3.63) is 59.2 Å². The summed E-state index contributed by atoms with van der Waals surface area (Å²) < 4.78 is 24.5. The molecule has 2 heterocycles. The van der Waals surface area contributed by atoms with Gasteiger partial charge < -0.3 is 25.4 Å². The molecular weight excluding hydrogens is 419 g/mol. The lowest BCUT2D eigenvalue weighted by Gasteiger charge is -2.14. The number of pyridine rings is 1. The number of carbonyl (C=O) groups excluding carboxylic acids is 2. The minimum atomic E-state index is -0.796. The van der Waals surface area contributed by atoms with Crippen LogP contribution in [0.25, 0.3) is 0 Å². The maximum atomic E-state index is 14.3. The first-order chi connectivity index (χ1) is 15.4. The molecule has 10 nitrogen and oxygen atoms in total. The van der Waals surface area contributed by atoms with Crippen molar-refractivity contribution in [1.29, 1.82) is 0 Å². The molecule has 11 heteroatoms.